The van der Waals surface area contributed by atoms with Crippen molar-refractivity contribution in [3.63, 3.8) is 0 Å². The van der Waals surface area contributed by atoms with Gasteiger partial charge < -0.3 is 14.6 Å². The van der Waals surface area contributed by atoms with Gasteiger partial charge in [0.15, 0.2) is 0 Å². The molecule has 0 radical (unpaired) electrons. The van der Waals surface area contributed by atoms with Gasteiger partial charge in [-0.15, -0.1) is 0 Å². The number of halogens is 2. The maximum Gasteiger partial charge on any atom is 0.408 e. The summed E-state index contributed by atoms with van der Waals surface area (Å²) in [6.45, 7) is 9.74. The zero-order valence-corrected chi connectivity index (χ0v) is 17.9. The normalized spacial score (nSPS) is 12.3. The highest BCUT2D eigenvalue weighted by molar-refractivity contribution is 9.10. The lowest BCUT2D eigenvalue weighted by molar-refractivity contribution is 0.0466. The summed E-state index contributed by atoms with van der Waals surface area (Å²) in [5, 5.41) is 3.90. The first kappa shape index (κ1) is 21.4. The van der Waals surface area contributed by atoms with E-state index in [1.165, 1.54) is 6.07 Å². The Labute approximate surface area is 167 Å². The van der Waals surface area contributed by atoms with E-state index in [4.69, 9.17) is 4.74 Å². The van der Waals surface area contributed by atoms with E-state index in [-0.39, 0.29) is 5.56 Å². The molecule has 1 N–H and O–H groups in total. The number of carbonyl (C=O) groups excluding carboxylic acids is 1. The number of hydrogen-bond donors (Lipinski definition) is 1. The molecule has 0 aliphatic heterocycles. The number of nitrogens with one attached hydrogen (secondary N) is 1. The van der Waals surface area contributed by atoms with E-state index in [1.54, 1.807) is 22.9 Å². The number of amides is 1. The van der Waals surface area contributed by atoms with Crippen LogP contribution in [0.15, 0.2) is 33.7 Å². The number of aromatic nitrogens is 1. The third kappa shape index (κ3) is 6.06. The summed E-state index contributed by atoms with van der Waals surface area (Å²) in [4.78, 5) is 24.5. The maximum absolute atomic E-state index is 13.8. The summed E-state index contributed by atoms with van der Waals surface area (Å²) in [6, 6.07) is 4.65. The van der Waals surface area contributed by atoms with Crippen LogP contribution in [0.1, 0.15) is 47.5 Å². The lowest BCUT2D eigenvalue weighted by Gasteiger charge is -2.28. The van der Waals surface area contributed by atoms with Crippen LogP contribution in [-0.4, -0.2) is 21.8 Å². The number of nitrogens with zero attached hydrogens (tertiary/aromatic N) is 1. The van der Waals surface area contributed by atoms with Crippen LogP contribution in [0.5, 0.6) is 0 Å². The Kier molecular flexibility index (Phi) is 6.35. The van der Waals surface area contributed by atoms with Crippen LogP contribution in [0.4, 0.5) is 9.18 Å². The van der Waals surface area contributed by atoms with Crippen molar-refractivity contribution < 1.29 is 13.9 Å². The lowest BCUT2D eigenvalue weighted by Crippen LogP contribution is -2.45. The summed E-state index contributed by atoms with van der Waals surface area (Å²) in [7, 11) is 0. The maximum atomic E-state index is 13.8. The topological polar surface area (TPSA) is 60.3 Å². The van der Waals surface area contributed by atoms with E-state index in [0.717, 1.165) is 0 Å². The highest BCUT2D eigenvalue weighted by Gasteiger charge is 2.24. The van der Waals surface area contributed by atoms with Gasteiger partial charge in [-0.1, -0.05) is 0 Å². The van der Waals surface area contributed by atoms with Crippen molar-refractivity contribution >= 4 is 32.8 Å². The van der Waals surface area contributed by atoms with Gasteiger partial charge in [-0.3, -0.25) is 4.79 Å². The number of rotatable bonds is 5. The molecule has 5 nitrogen and oxygen atoms in total. The molecule has 0 bridgehead atoms. The van der Waals surface area contributed by atoms with Gasteiger partial charge in [-0.05, 0) is 87.0 Å². The van der Waals surface area contributed by atoms with Crippen LogP contribution in [0.2, 0.25) is 0 Å². The lowest BCUT2D eigenvalue weighted by atomic mass is 9.98. The van der Waals surface area contributed by atoms with Gasteiger partial charge in [0, 0.05) is 18.3 Å². The standard InChI is InChI=1S/C20H26BrFN2O3/c1-19(2,3)27-18(26)23-20(4,5)8-6-9-24-10-7-13-11-15(21)16(22)12-14(13)17(24)25/h7,10-12H,6,8-9H2,1-5H3,(H,23,26). The van der Waals surface area contributed by atoms with E-state index < -0.39 is 23.1 Å². The van der Waals surface area contributed by atoms with Crippen LogP contribution >= 0.6 is 15.9 Å². The molecule has 7 heteroatoms. The van der Waals surface area contributed by atoms with Crippen molar-refractivity contribution in [3.8, 4) is 0 Å². The predicted molar refractivity (Wildman–Crippen MR) is 109 cm³/mol. The van der Waals surface area contributed by atoms with E-state index >= 15 is 0 Å². The summed E-state index contributed by atoms with van der Waals surface area (Å²) < 4.78 is 20.9. The van der Waals surface area contributed by atoms with Crippen LogP contribution in [0, 0.1) is 5.82 Å². The van der Waals surface area contributed by atoms with E-state index in [1.807, 2.05) is 34.6 Å². The number of fused-ring (bicyclic) bond motifs is 1. The van der Waals surface area contributed by atoms with Gasteiger partial charge in [0.1, 0.15) is 11.4 Å². The third-order valence-corrected chi connectivity index (χ3v) is 4.67. The Bertz CT molecular complexity index is 900. The fourth-order valence-corrected chi connectivity index (χ4v) is 3.15. The second kappa shape index (κ2) is 8.00. The second-order valence-electron chi connectivity index (χ2n) is 8.28. The Hall–Kier alpha value is -1.89. The minimum atomic E-state index is -0.553. The van der Waals surface area contributed by atoms with Crippen molar-refractivity contribution in [1.82, 2.24) is 9.88 Å². The molecule has 27 heavy (non-hydrogen) atoms. The minimum Gasteiger partial charge on any atom is -0.444 e. The quantitative estimate of drug-likeness (QED) is 0.712. The van der Waals surface area contributed by atoms with Gasteiger partial charge in [0.25, 0.3) is 5.56 Å². The third-order valence-electron chi connectivity index (χ3n) is 4.06. The Morgan fingerprint density at radius 2 is 1.93 bits per heavy atom. The van der Waals surface area contributed by atoms with Gasteiger partial charge >= 0.3 is 6.09 Å². The predicted octanol–water partition coefficient (Wildman–Crippen LogP) is 4.99. The number of pyridine rings is 1. The van der Waals surface area contributed by atoms with Crippen LogP contribution in [0.25, 0.3) is 10.8 Å². The first-order chi connectivity index (χ1) is 12.4. The van der Waals surface area contributed by atoms with Crippen molar-refractivity contribution in [3.05, 3.63) is 45.0 Å². The molecule has 1 aromatic heterocycles. The number of hydrogen-bond acceptors (Lipinski definition) is 3. The average Bonchev–Trinajstić information content (AvgIpc) is 2.49. The first-order valence-corrected chi connectivity index (χ1v) is 9.67. The smallest absolute Gasteiger partial charge is 0.408 e. The van der Waals surface area contributed by atoms with Crippen molar-refractivity contribution in [2.45, 2.75) is 65.1 Å². The molecule has 1 aromatic carbocycles. The molecule has 148 valence electrons. The molecular weight excluding hydrogens is 415 g/mol. The van der Waals surface area contributed by atoms with Gasteiger partial charge in [0.2, 0.25) is 0 Å². The van der Waals surface area contributed by atoms with Crippen molar-refractivity contribution in [2.24, 2.45) is 0 Å². The van der Waals surface area contributed by atoms with Gasteiger partial charge in [0.05, 0.1) is 9.86 Å². The van der Waals surface area contributed by atoms with Crippen LogP contribution < -0.4 is 10.9 Å². The summed E-state index contributed by atoms with van der Waals surface area (Å²) in [5.74, 6) is -0.458. The highest BCUT2D eigenvalue weighted by atomic mass is 79.9. The molecule has 1 heterocycles. The summed E-state index contributed by atoms with van der Waals surface area (Å²) in [5.41, 5.74) is -1.25. The number of alkyl carbamates (subject to hydrolysis) is 1. The highest BCUT2D eigenvalue weighted by Crippen LogP contribution is 2.21. The molecule has 1 amide bonds. The number of carbonyl (C=O) groups is 1. The minimum absolute atomic E-state index is 0.225. The Balaban J connectivity index is 2.02. The molecular formula is C20H26BrFN2O3. The number of benzene rings is 1. The average molecular weight is 441 g/mol. The molecule has 0 spiro atoms. The summed E-state index contributed by atoms with van der Waals surface area (Å²) >= 11 is 3.13. The molecule has 0 atom stereocenters. The fraction of sp³-hybridized carbons (Fsp3) is 0.500. The van der Waals surface area contributed by atoms with Crippen molar-refractivity contribution in [1.29, 1.82) is 0 Å². The first-order valence-electron chi connectivity index (χ1n) is 8.87. The van der Waals surface area contributed by atoms with Crippen LogP contribution in [0.3, 0.4) is 0 Å². The van der Waals surface area contributed by atoms with Gasteiger partial charge in [-0.2, -0.15) is 0 Å². The zero-order chi connectivity index (χ0) is 20.4. The van der Waals surface area contributed by atoms with E-state index in [9.17, 15) is 14.0 Å². The SMILES string of the molecule is CC(C)(CCCn1ccc2cc(Br)c(F)cc2c1=O)NC(=O)OC(C)(C)C. The Morgan fingerprint density at radius 3 is 2.56 bits per heavy atom. The molecule has 2 aromatic rings. The number of aryl methyl sites for hydroxylation is 1. The molecule has 0 saturated carbocycles. The Morgan fingerprint density at radius 1 is 1.26 bits per heavy atom. The molecule has 0 fully saturated rings. The fourth-order valence-electron chi connectivity index (χ4n) is 2.79. The molecule has 0 aliphatic carbocycles. The summed E-state index contributed by atoms with van der Waals surface area (Å²) in [6.07, 6.45) is 2.58. The molecule has 0 saturated heterocycles. The molecule has 0 unspecified atom stereocenters. The molecule has 0 aliphatic rings. The number of ether oxygens (including phenoxy) is 1. The zero-order valence-electron chi connectivity index (χ0n) is 16.4. The molecule has 2 rings (SSSR count). The van der Waals surface area contributed by atoms with Crippen molar-refractivity contribution in [2.75, 3.05) is 0 Å². The largest absolute Gasteiger partial charge is 0.444 e. The monoisotopic (exact) mass is 440 g/mol. The van der Waals surface area contributed by atoms with Gasteiger partial charge in [-0.25, -0.2) is 9.18 Å². The van der Waals surface area contributed by atoms with E-state index in [2.05, 4.69) is 21.2 Å². The van der Waals surface area contributed by atoms with Crippen LogP contribution in [-0.2, 0) is 11.3 Å². The second-order valence-corrected chi connectivity index (χ2v) is 9.14. The van der Waals surface area contributed by atoms with E-state index in [0.29, 0.717) is 34.6 Å².